The number of hydrogen-bond donors (Lipinski definition) is 1. The lowest BCUT2D eigenvalue weighted by Gasteiger charge is -2.17. The van der Waals surface area contributed by atoms with Crippen molar-refractivity contribution in [3.63, 3.8) is 0 Å². The summed E-state index contributed by atoms with van der Waals surface area (Å²) in [5.41, 5.74) is 0.111. The third-order valence-corrected chi connectivity index (χ3v) is 4.48. The molecule has 0 spiro atoms. The Balaban J connectivity index is 1.87. The minimum Gasteiger partial charge on any atom is -0.454 e. The molecule has 5 nitrogen and oxygen atoms in total. The van der Waals surface area contributed by atoms with Crippen molar-refractivity contribution in [3.8, 4) is 0 Å². The van der Waals surface area contributed by atoms with Gasteiger partial charge in [-0.1, -0.05) is 45.0 Å². The SMILES string of the molecule is CC(C)(C)C(=O)COC(=O)c1cc2ccccc2cc1NC(=O)C1CC1. The number of fused-ring (bicyclic) bond motifs is 1. The van der Waals surface area contributed by atoms with Crippen molar-refractivity contribution in [1.82, 2.24) is 0 Å². The number of amides is 1. The van der Waals surface area contributed by atoms with Gasteiger partial charge in [0.1, 0.15) is 0 Å². The summed E-state index contributed by atoms with van der Waals surface area (Å²) in [6, 6.07) is 11.1. The molecule has 1 aliphatic carbocycles. The van der Waals surface area contributed by atoms with Crippen molar-refractivity contribution >= 4 is 34.1 Å². The Morgan fingerprint density at radius 2 is 1.69 bits per heavy atom. The van der Waals surface area contributed by atoms with Gasteiger partial charge in [0.2, 0.25) is 5.91 Å². The summed E-state index contributed by atoms with van der Waals surface area (Å²) in [4.78, 5) is 36.8. The first-order valence-electron chi connectivity index (χ1n) is 8.80. The zero-order valence-electron chi connectivity index (χ0n) is 15.3. The van der Waals surface area contributed by atoms with Crippen LogP contribution in [0.1, 0.15) is 44.0 Å². The molecule has 0 heterocycles. The number of hydrogen-bond acceptors (Lipinski definition) is 4. The predicted octanol–water partition coefficient (Wildman–Crippen LogP) is 3.96. The van der Waals surface area contributed by atoms with Gasteiger partial charge in [-0.3, -0.25) is 9.59 Å². The Morgan fingerprint density at radius 3 is 2.27 bits per heavy atom. The molecule has 1 aliphatic rings. The van der Waals surface area contributed by atoms with Crippen molar-refractivity contribution in [1.29, 1.82) is 0 Å². The Kier molecular flexibility index (Phi) is 4.81. The maximum absolute atomic E-state index is 12.6. The largest absolute Gasteiger partial charge is 0.454 e. The maximum Gasteiger partial charge on any atom is 0.340 e. The second-order valence-electron chi connectivity index (χ2n) is 7.76. The van der Waals surface area contributed by atoms with E-state index in [0.717, 1.165) is 23.6 Å². The van der Waals surface area contributed by atoms with Crippen LogP contribution in [-0.4, -0.2) is 24.3 Å². The Labute approximate surface area is 152 Å². The number of carbonyl (C=O) groups excluding carboxylic acids is 3. The monoisotopic (exact) mass is 353 g/mol. The van der Waals surface area contributed by atoms with Crippen molar-refractivity contribution < 1.29 is 19.1 Å². The van der Waals surface area contributed by atoms with Crippen LogP contribution < -0.4 is 5.32 Å². The lowest BCUT2D eigenvalue weighted by atomic mass is 9.91. The smallest absolute Gasteiger partial charge is 0.340 e. The first kappa shape index (κ1) is 18.1. The Bertz CT molecular complexity index is 875. The van der Waals surface area contributed by atoms with Gasteiger partial charge in [-0.25, -0.2) is 4.79 Å². The van der Waals surface area contributed by atoms with Gasteiger partial charge in [0.05, 0.1) is 11.3 Å². The second-order valence-corrected chi connectivity index (χ2v) is 7.76. The van der Waals surface area contributed by atoms with Gasteiger partial charge in [-0.05, 0) is 35.7 Å². The molecule has 2 aromatic rings. The summed E-state index contributed by atoms with van der Waals surface area (Å²) >= 11 is 0. The van der Waals surface area contributed by atoms with Gasteiger partial charge in [0.15, 0.2) is 12.4 Å². The molecular formula is C21H23NO4. The summed E-state index contributed by atoms with van der Waals surface area (Å²) in [6.45, 7) is 5.05. The Hall–Kier alpha value is -2.69. The van der Waals surface area contributed by atoms with E-state index in [1.165, 1.54) is 0 Å². The second kappa shape index (κ2) is 6.90. The first-order valence-corrected chi connectivity index (χ1v) is 8.80. The van der Waals surface area contributed by atoms with Crippen molar-refractivity contribution in [2.45, 2.75) is 33.6 Å². The highest BCUT2D eigenvalue weighted by Gasteiger charge is 2.31. The van der Waals surface area contributed by atoms with E-state index in [2.05, 4.69) is 5.32 Å². The quantitative estimate of drug-likeness (QED) is 0.826. The number of anilines is 1. The number of ether oxygens (including phenoxy) is 1. The van der Waals surface area contributed by atoms with Gasteiger partial charge in [-0.2, -0.15) is 0 Å². The van der Waals surface area contributed by atoms with Gasteiger partial charge < -0.3 is 10.1 Å². The van der Waals surface area contributed by atoms with Crippen LogP contribution in [0.3, 0.4) is 0 Å². The fourth-order valence-corrected chi connectivity index (χ4v) is 2.52. The zero-order valence-corrected chi connectivity index (χ0v) is 15.3. The molecule has 1 fully saturated rings. The number of rotatable bonds is 5. The predicted molar refractivity (Wildman–Crippen MR) is 100 cm³/mol. The fraction of sp³-hybridized carbons (Fsp3) is 0.381. The summed E-state index contributed by atoms with van der Waals surface area (Å²) < 4.78 is 5.22. The van der Waals surface area contributed by atoms with E-state index in [0.29, 0.717) is 5.69 Å². The zero-order chi connectivity index (χ0) is 18.9. The van der Waals surface area contributed by atoms with Crippen LogP contribution >= 0.6 is 0 Å². The average Bonchev–Trinajstić information content (AvgIpc) is 3.43. The van der Waals surface area contributed by atoms with Gasteiger partial charge >= 0.3 is 5.97 Å². The van der Waals surface area contributed by atoms with Gasteiger partial charge in [0.25, 0.3) is 0 Å². The first-order chi connectivity index (χ1) is 12.3. The lowest BCUT2D eigenvalue weighted by molar-refractivity contribution is -0.129. The van der Waals surface area contributed by atoms with Crippen LogP contribution in [0.2, 0.25) is 0 Å². The van der Waals surface area contributed by atoms with Crippen molar-refractivity contribution in [2.24, 2.45) is 11.3 Å². The van der Waals surface area contributed by atoms with Crippen molar-refractivity contribution in [2.75, 3.05) is 11.9 Å². The molecule has 0 saturated heterocycles. The number of nitrogens with one attached hydrogen (secondary N) is 1. The van der Waals surface area contributed by atoms with Crippen LogP contribution in [0, 0.1) is 11.3 Å². The summed E-state index contributed by atoms with van der Waals surface area (Å²) in [5.74, 6) is -0.831. The summed E-state index contributed by atoms with van der Waals surface area (Å²) in [7, 11) is 0. The molecule has 0 radical (unpaired) electrons. The number of carbonyl (C=O) groups is 3. The molecule has 0 atom stereocenters. The molecule has 5 heteroatoms. The van der Waals surface area contributed by atoms with E-state index in [1.807, 2.05) is 24.3 Å². The molecular weight excluding hydrogens is 330 g/mol. The normalized spacial score (nSPS) is 14.1. The third kappa shape index (κ3) is 4.10. The van der Waals surface area contributed by atoms with E-state index in [1.54, 1.807) is 32.9 Å². The molecule has 1 N–H and O–H groups in total. The number of benzene rings is 2. The highest BCUT2D eigenvalue weighted by molar-refractivity contribution is 6.07. The molecule has 0 bridgehead atoms. The van der Waals surface area contributed by atoms with Crippen LogP contribution in [0.25, 0.3) is 10.8 Å². The molecule has 1 amide bonds. The van der Waals surface area contributed by atoms with Crippen LogP contribution in [0.4, 0.5) is 5.69 Å². The number of esters is 1. The highest BCUT2D eigenvalue weighted by atomic mass is 16.5. The van der Waals surface area contributed by atoms with E-state index in [4.69, 9.17) is 4.74 Å². The van der Waals surface area contributed by atoms with Crippen LogP contribution in [0.5, 0.6) is 0 Å². The number of ketones is 1. The topological polar surface area (TPSA) is 72.5 Å². The van der Waals surface area contributed by atoms with E-state index >= 15 is 0 Å². The summed E-state index contributed by atoms with van der Waals surface area (Å²) in [5, 5.41) is 4.62. The van der Waals surface area contributed by atoms with Crippen molar-refractivity contribution in [3.05, 3.63) is 42.0 Å². The molecule has 3 rings (SSSR count). The van der Waals surface area contributed by atoms with E-state index < -0.39 is 11.4 Å². The van der Waals surface area contributed by atoms with Gasteiger partial charge in [0, 0.05) is 11.3 Å². The van der Waals surface area contributed by atoms with Crippen LogP contribution in [0.15, 0.2) is 36.4 Å². The highest BCUT2D eigenvalue weighted by Crippen LogP contribution is 2.32. The molecule has 26 heavy (non-hydrogen) atoms. The van der Waals surface area contributed by atoms with Gasteiger partial charge in [-0.15, -0.1) is 0 Å². The standard InChI is InChI=1S/C21H23NO4/c1-21(2,3)18(23)12-26-20(25)16-10-14-6-4-5-7-15(14)11-17(16)22-19(24)13-8-9-13/h4-7,10-11,13H,8-9,12H2,1-3H3,(H,22,24). The minimum absolute atomic E-state index is 0.0211. The Morgan fingerprint density at radius 1 is 1.08 bits per heavy atom. The van der Waals surface area contributed by atoms with E-state index in [-0.39, 0.29) is 29.8 Å². The lowest BCUT2D eigenvalue weighted by Crippen LogP contribution is -2.26. The van der Waals surface area contributed by atoms with E-state index in [9.17, 15) is 14.4 Å². The third-order valence-electron chi connectivity index (χ3n) is 4.48. The molecule has 0 aromatic heterocycles. The molecule has 1 saturated carbocycles. The minimum atomic E-state index is -0.612. The fourth-order valence-electron chi connectivity index (χ4n) is 2.52. The molecule has 0 unspecified atom stereocenters. The molecule has 2 aromatic carbocycles. The maximum atomic E-state index is 12.6. The van der Waals surface area contributed by atoms with Crippen LogP contribution in [-0.2, 0) is 14.3 Å². The molecule has 0 aliphatic heterocycles. The average molecular weight is 353 g/mol. The summed E-state index contributed by atoms with van der Waals surface area (Å²) in [6.07, 6.45) is 1.75. The number of Topliss-reactive ketones (excluding diaryl/α,β-unsaturated/α-hetero) is 1. The molecule has 136 valence electrons.